The smallest absolute Gasteiger partial charge is 0.120 e. The number of halogens is 1. The number of nitrogens with two attached hydrogens (primary N) is 1. The first-order chi connectivity index (χ1) is 12.3. The fourth-order valence-corrected chi connectivity index (χ4v) is 3.58. The van der Waals surface area contributed by atoms with Gasteiger partial charge in [-0.1, -0.05) is 34.0 Å². The molecule has 0 amide bonds. The molecule has 2 N–H and O–H groups in total. The van der Waals surface area contributed by atoms with Crippen molar-refractivity contribution < 1.29 is 4.74 Å². The molecule has 1 heterocycles. The van der Waals surface area contributed by atoms with Crippen molar-refractivity contribution in [3.8, 4) is 28.8 Å². The Morgan fingerprint density at radius 1 is 1.08 bits per heavy atom. The summed E-state index contributed by atoms with van der Waals surface area (Å²) in [5.74, 6) is 6.81. The van der Waals surface area contributed by atoms with Crippen LogP contribution < -0.4 is 10.5 Å². The lowest BCUT2D eigenvalue weighted by Gasteiger charge is -2.05. The summed E-state index contributed by atoms with van der Waals surface area (Å²) in [4.78, 5) is 0. The molecule has 128 valence electrons. The molecule has 0 saturated heterocycles. The number of hydrogen-bond donors (Lipinski definition) is 1. The number of rotatable bonds is 6. The first kappa shape index (κ1) is 17.9. The van der Waals surface area contributed by atoms with Gasteiger partial charge in [0.25, 0.3) is 0 Å². The third-order valence-electron chi connectivity index (χ3n) is 3.75. The highest BCUT2D eigenvalue weighted by Crippen LogP contribution is 2.33. The van der Waals surface area contributed by atoms with Gasteiger partial charge < -0.3 is 10.5 Å². The van der Waals surface area contributed by atoms with Crippen LogP contribution in [-0.2, 0) is 0 Å². The topological polar surface area (TPSA) is 48.1 Å². The Kier molecular flexibility index (Phi) is 6.46. The highest BCUT2D eigenvalue weighted by molar-refractivity contribution is 9.10. The number of nitrogens with zero attached hydrogens (tertiary/aromatic N) is 1. The minimum absolute atomic E-state index is 0.438. The SMILES string of the molecule is NCC#CCCCCOc1ccc2c(-c3ccc(Br)cc3)nsc2c1. The van der Waals surface area contributed by atoms with Crippen molar-refractivity contribution in [3.05, 3.63) is 46.9 Å². The van der Waals surface area contributed by atoms with E-state index in [1.54, 1.807) is 0 Å². The molecule has 1 aromatic heterocycles. The van der Waals surface area contributed by atoms with Crippen LogP contribution in [0.15, 0.2) is 46.9 Å². The van der Waals surface area contributed by atoms with Gasteiger partial charge in [-0.25, -0.2) is 0 Å². The third kappa shape index (κ3) is 4.82. The molecule has 25 heavy (non-hydrogen) atoms. The number of fused-ring (bicyclic) bond motifs is 1. The van der Waals surface area contributed by atoms with E-state index in [9.17, 15) is 0 Å². The van der Waals surface area contributed by atoms with E-state index in [1.165, 1.54) is 11.5 Å². The summed E-state index contributed by atoms with van der Waals surface area (Å²) in [6.07, 6.45) is 2.90. The summed E-state index contributed by atoms with van der Waals surface area (Å²) in [5, 5.41) is 1.16. The summed E-state index contributed by atoms with van der Waals surface area (Å²) in [7, 11) is 0. The van der Waals surface area contributed by atoms with Crippen LogP contribution in [0.1, 0.15) is 19.3 Å². The van der Waals surface area contributed by atoms with Gasteiger partial charge in [0, 0.05) is 21.8 Å². The maximum absolute atomic E-state index is 5.85. The molecule has 0 atom stereocenters. The minimum Gasteiger partial charge on any atom is -0.494 e. The van der Waals surface area contributed by atoms with Crippen LogP contribution in [-0.4, -0.2) is 17.5 Å². The molecule has 3 nitrogen and oxygen atoms in total. The number of aromatic nitrogens is 1. The maximum Gasteiger partial charge on any atom is 0.120 e. The molecule has 3 rings (SSSR count). The summed E-state index contributed by atoms with van der Waals surface area (Å²) in [6.45, 7) is 1.14. The van der Waals surface area contributed by atoms with Crippen LogP contribution in [0.4, 0.5) is 0 Å². The molecule has 0 unspecified atom stereocenters. The maximum atomic E-state index is 5.85. The zero-order valence-electron chi connectivity index (χ0n) is 13.8. The van der Waals surface area contributed by atoms with Crippen LogP contribution in [0.2, 0.25) is 0 Å². The van der Waals surface area contributed by atoms with E-state index in [2.05, 4.69) is 56.4 Å². The van der Waals surface area contributed by atoms with E-state index in [0.717, 1.165) is 50.8 Å². The van der Waals surface area contributed by atoms with E-state index < -0.39 is 0 Å². The molecule has 5 heteroatoms. The van der Waals surface area contributed by atoms with Crippen LogP contribution in [0.3, 0.4) is 0 Å². The second-order valence-electron chi connectivity index (χ2n) is 5.56. The standard InChI is InChI=1S/C20H19BrN2OS/c21-16-8-6-15(7-9-16)20-18-11-10-17(14-19(18)25-23-20)24-13-5-3-1-2-4-12-22/h6-11,14H,1,3,5,12-13,22H2. The summed E-state index contributed by atoms with van der Waals surface area (Å²) in [5.41, 5.74) is 7.48. The van der Waals surface area contributed by atoms with E-state index in [1.807, 2.05) is 18.2 Å². The highest BCUT2D eigenvalue weighted by Gasteiger charge is 2.09. The quantitative estimate of drug-likeness (QED) is 0.443. The van der Waals surface area contributed by atoms with Crippen molar-refractivity contribution in [3.63, 3.8) is 0 Å². The molecule has 2 aromatic carbocycles. The largest absolute Gasteiger partial charge is 0.494 e. The Morgan fingerprint density at radius 3 is 2.72 bits per heavy atom. The van der Waals surface area contributed by atoms with Gasteiger partial charge in [0.15, 0.2) is 0 Å². The van der Waals surface area contributed by atoms with E-state index in [0.29, 0.717) is 13.2 Å². The lowest BCUT2D eigenvalue weighted by atomic mass is 10.1. The van der Waals surface area contributed by atoms with Crippen LogP contribution in [0.25, 0.3) is 21.3 Å². The van der Waals surface area contributed by atoms with Crippen molar-refractivity contribution >= 4 is 37.5 Å². The fourth-order valence-electron chi connectivity index (χ4n) is 2.49. The van der Waals surface area contributed by atoms with Crippen molar-refractivity contribution in [2.45, 2.75) is 19.3 Å². The lowest BCUT2D eigenvalue weighted by Crippen LogP contribution is -1.97. The molecular weight excluding hydrogens is 396 g/mol. The van der Waals surface area contributed by atoms with Crippen molar-refractivity contribution in [1.29, 1.82) is 0 Å². The Morgan fingerprint density at radius 2 is 1.92 bits per heavy atom. The Bertz CT molecular complexity index is 893. The van der Waals surface area contributed by atoms with Gasteiger partial charge in [-0.3, -0.25) is 0 Å². The van der Waals surface area contributed by atoms with E-state index in [4.69, 9.17) is 10.5 Å². The van der Waals surface area contributed by atoms with Gasteiger partial charge in [-0.15, -0.1) is 5.92 Å². The average molecular weight is 415 g/mol. The van der Waals surface area contributed by atoms with Crippen molar-refractivity contribution in [2.75, 3.05) is 13.2 Å². The number of ether oxygens (including phenoxy) is 1. The second kappa shape index (κ2) is 9.00. The Balaban J connectivity index is 1.63. The van der Waals surface area contributed by atoms with E-state index >= 15 is 0 Å². The fraction of sp³-hybridized carbons (Fsp3) is 0.250. The predicted octanol–water partition coefficient (Wildman–Crippen LogP) is 5.24. The number of hydrogen-bond acceptors (Lipinski definition) is 4. The lowest BCUT2D eigenvalue weighted by molar-refractivity contribution is 0.308. The molecule has 0 saturated carbocycles. The van der Waals surface area contributed by atoms with E-state index in [-0.39, 0.29) is 0 Å². The zero-order valence-corrected chi connectivity index (χ0v) is 16.2. The molecule has 0 aliphatic heterocycles. The predicted molar refractivity (Wildman–Crippen MR) is 109 cm³/mol. The van der Waals surface area contributed by atoms with Crippen LogP contribution in [0, 0.1) is 11.8 Å². The molecule has 0 fully saturated rings. The third-order valence-corrected chi connectivity index (χ3v) is 5.09. The summed E-state index contributed by atoms with van der Waals surface area (Å²) in [6, 6.07) is 14.4. The van der Waals surface area contributed by atoms with Crippen molar-refractivity contribution in [1.82, 2.24) is 4.37 Å². The molecule has 0 bridgehead atoms. The summed E-state index contributed by atoms with van der Waals surface area (Å²) >= 11 is 4.98. The molecule has 0 spiro atoms. The van der Waals surface area contributed by atoms with Crippen LogP contribution in [0.5, 0.6) is 5.75 Å². The van der Waals surface area contributed by atoms with Gasteiger partial charge in [0.2, 0.25) is 0 Å². The Hall–Kier alpha value is -1.87. The first-order valence-corrected chi connectivity index (χ1v) is 9.78. The first-order valence-electron chi connectivity index (χ1n) is 8.22. The molecule has 3 aromatic rings. The van der Waals surface area contributed by atoms with Gasteiger partial charge >= 0.3 is 0 Å². The zero-order chi connectivity index (χ0) is 17.5. The molecular formula is C20H19BrN2OS. The minimum atomic E-state index is 0.438. The highest BCUT2D eigenvalue weighted by atomic mass is 79.9. The normalized spacial score (nSPS) is 10.5. The number of benzene rings is 2. The van der Waals surface area contributed by atoms with Crippen molar-refractivity contribution in [2.24, 2.45) is 5.73 Å². The molecule has 0 aliphatic rings. The molecule has 0 aliphatic carbocycles. The monoisotopic (exact) mass is 414 g/mol. The van der Waals surface area contributed by atoms with Gasteiger partial charge in [0.05, 0.1) is 23.5 Å². The van der Waals surface area contributed by atoms with Crippen LogP contribution >= 0.6 is 27.5 Å². The summed E-state index contributed by atoms with van der Waals surface area (Å²) < 4.78 is 12.7. The van der Waals surface area contributed by atoms with Gasteiger partial charge in [-0.2, -0.15) is 4.37 Å². The second-order valence-corrected chi connectivity index (χ2v) is 7.28. The van der Waals surface area contributed by atoms with Gasteiger partial charge in [0.1, 0.15) is 5.75 Å². The van der Waals surface area contributed by atoms with Gasteiger partial charge in [-0.05, 0) is 54.7 Å². The number of unbranched alkanes of at least 4 members (excludes halogenated alkanes) is 2. The average Bonchev–Trinajstić information content (AvgIpc) is 3.05. The Labute approximate surface area is 160 Å². The molecule has 0 radical (unpaired) electrons.